The number of anilines is 1. The lowest BCUT2D eigenvalue weighted by Gasteiger charge is -2.25. The van der Waals surface area contributed by atoms with E-state index in [9.17, 15) is 4.79 Å². The van der Waals surface area contributed by atoms with Gasteiger partial charge in [0.25, 0.3) is 0 Å². The van der Waals surface area contributed by atoms with Crippen molar-refractivity contribution < 1.29 is 4.79 Å². The van der Waals surface area contributed by atoms with E-state index >= 15 is 0 Å². The molecule has 0 saturated heterocycles. The summed E-state index contributed by atoms with van der Waals surface area (Å²) in [6.07, 6.45) is 7.77. The highest BCUT2D eigenvalue weighted by atomic mass is 32.2. The number of amides is 1. The van der Waals surface area contributed by atoms with Crippen LogP contribution in [0.15, 0.2) is 35.6 Å². The summed E-state index contributed by atoms with van der Waals surface area (Å²) in [5.74, 6) is 1.78. The molecule has 0 N–H and O–H groups in total. The normalized spacial score (nSPS) is 25.3. The van der Waals surface area contributed by atoms with Gasteiger partial charge in [0.1, 0.15) is 5.82 Å². The van der Waals surface area contributed by atoms with Crippen molar-refractivity contribution >= 4 is 28.4 Å². The molecule has 4 atom stereocenters. The zero-order chi connectivity index (χ0) is 20.1. The average molecular weight is 409 g/mol. The lowest BCUT2D eigenvalue weighted by atomic mass is 10.0. The smallest absolute Gasteiger partial charge is 0.228 e. The van der Waals surface area contributed by atoms with Gasteiger partial charge < -0.3 is 9.47 Å². The molecule has 1 fully saturated rings. The average Bonchev–Trinajstić information content (AvgIpc) is 3.02. The third-order valence-electron chi connectivity index (χ3n) is 6.51. The second-order valence-corrected chi connectivity index (χ2v) is 10.0. The van der Waals surface area contributed by atoms with Crippen LogP contribution in [-0.2, 0) is 24.8 Å². The Morgan fingerprint density at radius 1 is 1.41 bits per heavy atom. The van der Waals surface area contributed by atoms with Crippen molar-refractivity contribution in [1.82, 2.24) is 9.55 Å². The van der Waals surface area contributed by atoms with E-state index in [4.69, 9.17) is 4.99 Å². The lowest BCUT2D eigenvalue weighted by Crippen LogP contribution is -2.33. The molecule has 1 aromatic heterocycles. The summed E-state index contributed by atoms with van der Waals surface area (Å²) in [6.45, 7) is 4.91. The maximum Gasteiger partial charge on any atom is 0.228 e. The van der Waals surface area contributed by atoms with Gasteiger partial charge in [-0.05, 0) is 48.4 Å². The molecule has 2 unspecified atom stereocenters. The molecule has 1 aliphatic heterocycles. The molecule has 0 bridgehead atoms. The lowest BCUT2D eigenvalue weighted by molar-refractivity contribution is -0.119. The first-order valence-corrected chi connectivity index (χ1v) is 11.5. The van der Waals surface area contributed by atoms with Gasteiger partial charge in [-0.25, -0.2) is 4.98 Å². The first-order chi connectivity index (χ1) is 14.0. The van der Waals surface area contributed by atoms with Gasteiger partial charge >= 0.3 is 0 Å². The van der Waals surface area contributed by atoms with Crippen molar-refractivity contribution in [2.75, 3.05) is 4.90 Å². The predicted octanol–water partition coefficient (Wildman–Crippen LogP) is 4.32. The van der Waals surface area contributed by atoms with Crippen molar-refractivity contribution in [3.63, 3.8) is 0 Å². The maximum absolute atomic E-state index is 13.4. The Bertz CT molecular complexity index is 981. The van der Waals surface area contributed by atoms with Crippen molar-refractivity contribution in [2.24, 2.45) is 18.0 Å². The Balaban J connectivity index is 1.40. The minimum Gasteiger partial charge on any atom is -0.337 e. The Morgan fingerprint density at radius 2 is 2.28 bits per heavy atom. The van der Waals surface area contributed by atoms with Gasteiger partial charge in [-0.1, -0.05) is 19.9 Å². The molecule has 5 nitrogen and oxygen atoms in total. The monoisotopic (exact) mass is 408 g/mol. The molecule has 2 heterocycles. The maximum atomic E-state index is 13.4. The number of rotatable bonds is 6. The quantitative estimate of drug-likeness (QED) is 0.715. The van der Waals surface area contributed by atoms with Crippen LogP contribution in [0, 0.1) is 5.92 Å². The summed E-state index contributed by atoms with van der Waals surface area (Å²) in [6, 6.07) is 7.07. The van der Waals surface area contributed by atoms with Crippen LogP contribution in [0.2, 0.25) is 0 Å². The number of thioether (sulfide) groups is 1. The number of fused-ring (bicyclic) bond motifs is 2. The second-order valence-electron chi connectivity index (χ2n) is 8.79. The predicted molar refractivity (Wildman–Crippen MR) is 119 cm³/mol. The summed E-state index contributed by atoms with van der Waals surface area (Å²) in [5.41, 5.74) is 3.81. The van der Waals surface area contributed by atoms with Crippen molar-refractivity contribution in [1.29, 1.82) is 0 Å². The zero-order valence-electron chi connectivity index (χ0n) is 17.3. The van der Waals surface area contributed by atoms with E-state index in [1.807, 2.05) is 34.5 Å². The van der Waals surface area contributed by atoms with Gasteiger partial charge in [-0.3, -0.25) is 9.79 Å². The van der Waals surface area contributed by atoms with E-state index in [2.05, 4.69) is 37.0 Å². The number of hydrogen-bond acceptors (Lipinski definition) is 4. The third kappa shape index (κ3) is 3.63. The molecule has 1 aromatic carbocycles. The molecular weight excluding hydrogens is 380 g/mol. The standard InChI is InChI=1S/C23H28N4OS/c1-14-4-5-16-6-7-17(11-18(14)16)27(13-21-24-8-9-26(21)3)22(28)10-15(2)23-25-19-12-20(19)29-23/h6-9,11,14-15,19-20H,4-5,10,12-13H2,1-3H3/t14-,15-,19?,20?/m1/s1. The summed E-state index contributed by atoms with van der Waals surface area (Å²) in [4.78, 5) is 24.6. The van der Waals surface area contributed by atoms with E-state index in [1.165, 1.54) is 29.0 Å². The van der Waals surface area contributed by atoms with Gasteiger partial charge in [-0.15, -0.1) is 11.8 Å². The van der Waals surface area contributed by atoms with Crippen molar-refractivity contribution in [3.05, 3.63) is 47.5 Å². The highest BCUT2D eigenvalue weighted by Gasteiger charge is 2.45. The fourth-order valence-corrected chi connectivity index (χ4v) is 5.79. The number of carbonyl (C=O) groups excluding carboxylic acids is 1. The van der Waals surface area contributed by atoms with Crippen LogP contribution < -0.4 is 4.90 Å². The highest BCUT2D eigenvalue weighted by Crippen LogP contribution is 2.46. The Kier molecular flexibility index (Phi) is 4.77. The number of hydrogen-bond donors (Lipinski definition) is 0. The highest BCUT2D eigenvalue weighted by molar-refractivity contribution is 8.15. The number of aryl methyl sites for hydroxylation is 2. The number of carbonyl (C=O) groups is 1. The number of aliphatic imine (C=N–C) groups is 1. The van der Waals surface area contributed by atoms with Crippen LogP contribution in [0.5, 0.6) is 0 Å². The summed E-state index contributed by atoms with van der Waals surface area (Å²) < 4.78 is 1.99. The third-order valence-corrected chi connectivity index (χ3v) is 8.07. The topological polar surface area (TPSA) is 50.5 Å². The number of aromatic nitrogens is 2. The van der Waals surface area contributed by atoms with Gasteiger partial charge in [-0.2, -0.15) is 0 Å². The molecule has 152 valence electrons. The minimum atomic E-state index is 0.148. The van der Waals surface area contributed by atoms with Crippen molar-refractivity contribution in [2.45, 2.75) is 63.3 Å². The van der Waals surface area contributed by atoms with Gasteiger partial charge in [0.05, 0.1) is 17.6 Å². The molecule has 2 aromatic rings. The van der Waals surface area contributed by atoms with Gasteiger partial charge in [0.15, 0.2) is 0 Å². The molecule has 0 radical (unpaired) electrons. The zero-order valence-corrected chi connectivity index (χ0v) is 18.2. The largest absolute Gasteiger partial charge is 0.337 e. The summed E-state index contributed by atoms with van der Waals surface area (Å²) in [7, 11) is 1.98. The number of nitrogens with zero attached hydrogens (tertiary/aromatic N) is 4. The molecule has 2 aliphatic carbocycles. The Morgan fingerprint density at radius 3 is 3.00 bits per heavy atom. The first-order valence-electron chi connectivity index (χ1n) is 10.6. The van der Waals surface area contributed by atoms with E-state index < -0.39 is 0 Å². The second kappa shape index (κ2) is 7.31. The van der Waals surface area contributed by atoms with E-state index in [-0.39, 0.29) is 11.8 Å². The molecule has 1 amide bonds. The van der Waals surface area contributed by atoms with Gasteiger partial charge in [0.2, 0.25) is 5.91 Å². The molecule has 6 heteroatoms. The van der Waals surface area contributed by atoms with Crippen LogP contribution in [-0.4, -0.2) is 31.8 Å². The van der Waals surface area contributed by atoms with Crippen LogP contribution in [0.4, 0.5) is 5.69 Å². The molecule has 3 aliphatic rings. The molecule has 1 saturated carbocycles. The molecule has 5 rings (SSSR count). The SMILES string of the molecule is C[C@H](CC(=O)N(Cc1nccn1C)c1ccc2c(c1)[C@H](C)CC2)C1=NC2CC2S1. The van der Waals surface area contributed by atoms with Crippen LogP contribution in [0.25, 0.3) is 0 Å². The van der Waals surface area contributed by atoms with E-state index in [0.29, 0.717) is 30.2 Å². The molecule has 0 spiro atoms. The fraction of sp³-hybridized carbons (Fsp3) is 0.522. The first kappa shape index (κ1) is 18.9. The van der Waals surface area contributed by atoms with Crippen LogP contribution in [0.1, 0.15) is 56.0 Å². The summed E-state index contributed by atoms with van der Waals surface area (Å²) >= 11 is 1.88. The van der Waals surface area contributed by atoms with E-state index in [1.54, 1.807) is 6.20 Å². The number of benzene rings is 1. The minimum absolute atomic E-state index is 0.148. The Labute approximate surface area is 176 Å². The van der Waals surface area contributed by atoms with Crippen LogP contribution >= 0.6 is 11.8 Å². The molecule has 29 heavy (non-hydrogen) atoms. The fourth-order valence-electron chi connectivity index (χ4n) is 4.45. The van der Waals surface area contributed by atoms with Crippen molar-refractivity contribution in [3.8, 4) is 0 Å². The van der Waals surface area contributed by atoms with Gasteiger partial charge in [0, 0.05) is 42.7 Å². The Hall–Kier alpha value is -2.08. The van der Waals surface area contributed by atoms with E-state index in [0.717, 1.165) is 17.9 Å². The number of imidazole rings is 1. The van der Waals surface area contributed by atoms with Crippen LogP contribution in [0.3, 0.4) is 0 Å². The molecular formula is C23H28N4OS. The summed E-state index contributed by atoms with van der Waals surface area (Å²) in [5, 5.41) is 1.85.